The Kier molecular flexibility index (Phi) is 2.95. The number of rotatable bonds is 4. The molecule has 0 aromatic heterocycles. The summed E-state index contributed by atoms with van der Waals surface area (Å²) in [5, 5.41) is 8.70. The molecule has 0 fully saturated rings. The highest BCUT2D eigenvalue weighted by Gasteiger charge is 2.24. The molecule has 0 bridgehead atoms. The zero-order chi connectivity index (χ0) is 9.84. The Morgan fingerprint density at radius 1 is 1.85 bits per heavy atom. The molecule has 0 atom stereocenters. The number of hydrogen-bond acceptors (Lipinski definition) is 3. The molecule has 0 amide bonds. The van der Waals surface area contributed by atoms with Gasteiger partial charge >= 0.3 is 5.97 Å². The van der Waals surface area contributed by atoms with Crippen LogP contribution in [0.2, 0.25) is 0 Å². The highest BCUT2D eigenvalue weighted by atomic mass is 16.5. The van der Waals surface area contributed by atoms with E-state index in [1.54, 1.807) is 13.0 Å². The Labute approximate surface area is 77.1 Å². The van der Waals surface area contributed by atoms with E-state index in [1.807, 2.05) is 4.90 Å². The molecule has 0 aliphatic carbocycles. The molecule has 13 heavy (non-hydrogen) atoms. The number of hydrogen-bond donors (Lipinski definition) is 1. The Morgan fingerprint density at radius 2 is 2.54 bits per heavy atom. The molecule has 1 rings (SSSR count). The second-order valence-corrected chi connectivity index (χ2v) is 2.83. The van der Waals surface area contributed by atoms with Crippen molar-refractivity contribution < 1.29 is 14.6 Å². The maximum absolute atomic E-state index is 10.6. The van der Waals surface area contributed by atoms with Crippen LogP contribution in [0.15, 0.2) is 24.1 Å². The smallest absolute Gasteiger partial charge is 0.373 e. The quantitative estimate of drug-likeness (QED) is 0.664. The van der Waals surface area contributed by atoms with Crippen LogP contribution in [0.3, 0.4) is 0 Å². The van der Waals surface area contributed by atoms with Gasteiger partial charge in [0.15, 0.2) is 6.73 Å². The Hall–Kier alpha value is -1.45. The van der Waals surface area contributed by atoms with Crippen molar-refractivity contribution in [2.45, 2.75) is 13.3 Å². The molecular weight excluding hydrogens is 170 g/mol. The van der Waals surface area contributed by atoms with Crippen LogP contribution in [0.25, 0.3) is 0 Å². The molecule has 1 aliphatic heterocycles. The summed E-state index contributed by atoms with van der Waals surface area (Å²) in [5.74, 6) is -0.942. The molecule has 1 heterocycles. The Bertz CT molecular complexity index is 258. The lowest BCUT2D eigenvalue weighted by Gasteiger charge is -2.15. The fraction of sp³-hybridized carbons (Fsp3) is 0.444. The molecule has 1 N–H and O–H groups in total. The molecule has 0 aromatic rings. The average molecular weight is 183 g/mol. The molecule has 0 unspecified atom stereocenters. The maximum Gasteiger partial charge on any atom is 0.373 e. The van der Waals surface area contributed by atoms with Crippen molar-refractivity contribution in [3.8, 4) is 0 Å². The molecule has 0 saturated heterocycles. The first-order valence-corrected chi connectivity index (χ1v) is 4.09. The van der Waals surface area contributed by atoms with E-state index < -0.39 is 5.97 Å². The summed E-state index contributed by atoms with van der Waals surface area (Å²) < 4.78 is 5.01. The van der Waals surface area contributed by atoms with Gasteiger partial charge in [0.2, 0.25) is 5.76 Å². The van der Waals surface area contributed by atoms with Gasteiger partial charge in [0.25, 0.3) is 0 Å². The molecular formula is C9H13NO3. The first-order chi connectivity index (χ1) is 6.16. The fourth-order valence-corrected chi connectivity index (χ4v) is 1.18. The van der Waals surface area contributed by atoms with Gasteiger partial charge in [-0.15, -0.1) is 6.58 Å². The van der Waals surface area contributed by atoms with Gasteiger partial charge in [0.1, 0.15) is 0 Å². The third kappa shape index (κ3) is 2.02. The summed E-state index contributed by atoms with van der Waals surface area (Å²) in [6.45, 7) is 6.44. The zero-order valence-electron chi connectivity index (χ0n) is 7.62. The van der Waals surface area contributed by atoms with Crippen molar-refractivity contribution in [3.63, 3.8) is 0 Å². The lowest BCUT2D eigenvalue weighted by molar-refractivity contribution is -0.136. The van der Waals surface area contributed by atoms with Crippen LogP contribution in [0.1, 0.15) is 13.3 Å². The van der Waals surface area contributed by atoms with E-state index in [-0.39, 0.29) is 5.76 Å². The Balaban J connectivity index is 2.62. The minimum absolute atomic E-state index is 0.0593. The average Bonchev–Trinajstić information content (AvgIpc) is 2.43. The Morgan fingerprint density at radius 3 is 3.00 bits per heavy atom. The van der Waals surface area contributed by atoms with E-state index >= 15 is 0 Å². The van der Waals surface area contributed by atoms with Crippen molar-refractivity contribution in [1.29, 1.82) is 0 Å². The minimum Gasteiger partial charge on any atom is -0.475 e. The maximum atomic E-state index is 10.6. The van der Waals surface area contributed by atoms with Gasteiger partial charge in [0, 0.05) is 6.54 Å². The number of carboxylic acid groups (broad SMARTS) is 1. The number of ether oxygens (including phenoxy) is 1. The van der Waals surface area contributed by atoms with Crippen molar-refractivity contribution >= 4 is 5.97 Å². The van der Waals surface area contributed by atoms with Crippen LogP contribution < -0.4 is 0 Å². The highest BCUT2D eigenvalue weighted by Crippen LogP contribution is 2.19. The van der Waals surface area contributed by atoms with Crippen LogP contribution in [-0.2, 0) is 9.53 Å². The van der Waals surface area contributed by atoms with E-state index in [9.17, 15) is 4.79 Å². The highest BCUT2D eigenvalue weighted by molar-refractivity contribution is 5.85. The summed E-state index contributed by atoms with van der Waals surface area (Å²) in [7, 11) is 0. The summed E-state index contributed by atoms with van der Waals surface area (Å²) >= 11 is 0. The monoisotopic (exact) mass is 183 g/mol. The van der Waals surface area contributed by atoms with Gasteiger partial charge in [0.05, 0.1) is 5.70 Å². The van der Waals surface area contributed by atoms with Gasteiger partial charge in [-0.25, -0.2) is 4.79 Å². The molecule has 0 aromatic carbocycles. The standard InChI is InChI=1S/C9H13NO3/c1-3-4-5-10-6-13-8(7(10)2)9(11)12/h3H,1,4-6H2,2H3,(H,11,12). The van der Waals surface area contributed by atoms with Gasteiger partial charge in [-0.1, -0.05) is 6.08 Å². The summed E-state index contributed by atoms with van der Waals surface area (Å²) in [6, 6.07) is 0. The number of allylic oxidation sites excluding steroid dienone is 1. The summed E-state index contributed by atoms with van der Waals surface area (Å²) in [6.07, 6.45) is 2.62. The largest absolute Gasteiger partial charge is 0.475 e. The van der Waals surface area contributed by atoms with Gasteiger partial charge < -0.3 is 14.7 Å². The van der Waals surface area contributed by atoms with E-state index in [0.717, 1.165) is 13.0 Å². The first-order valence-electron chi connectivity index (χ1n) is 4.09. The van der Waals surface area contributed by atoms with Crippen molar-refractivity contribution in [3.05, 3.63) is 24.1 Å². The number of carboxylic acids is 1. The van der Waals surface area contributed by atoms with Gasteiger partial charge in [-0.3, -0.25) is 0 Å². The van der Waals surface area contributed by atoms with Crippen molar-refractivity contribution in [1.82, 2.24) is 4.90 Å². The third-order valence-electron chi connectivity index (χ3n) is 1.97. The number of aliphatic carboxylic acids is 1. The molecule has 0 radical (unpaired) electrons. The normalized spacial score (nSPS) is 15.9. The molecule has 4 heteroatoms. The predicted octanol–water partition coefficient (Wildman–Crippen LogP) is 1.17. The van der Waals surface area contributed by atoms with Crippen LogP contribution in [0, 0.1) is 0 Å². The van der Waals surface area contributed by atoms with Gasteiger partial charge in [-0.05, 0) is 13.3 Å². The molecule has 0 saturated carbocycles. The van der Waals surface area contributed by atoms with Crippen LogP contribution in [0.4, 0.5) is 0 Å². The zero-order valence-corrected chi connectivity index (χ0v) is 7.62. The van der Waals surface area contributed by atoms with E-state index in [0.29, 0.717) is 12.4 Å². The van der Waals surface area contributed by atoms with E-state index in [1.165, 1.54) is 0 Å². The number of carbonyl (C=O) groups is 1. The van der Waals surface area contributed by atoms with Gasteiger partial charge in [-0.2, -0.15) is 0 Å². The molecule has 0 spiro atoms. The second kappa shape index (κ2) is 3.98. The van der Waals surface area contributed by atoms with E-state index in [2.05, 4.69) is 6.58 Å². The topological polar surface area (TPSA) is 49.8 Å². The molecule has 4 nitrogen and oxygen atoms in total. The minimum atomic E-state index is -1.00. The molecule has 1 aliphatic rings. The summed E-state index contributed by atoms with van der Waals surface area (Å²) in [4.78, 5) is 12.5. The fourth-order valence-electron chi connectivity index (χ4n) is 1.18. The predicted molar refractivity (Wildman–Crippen MR) is 47.8 cm³/mol. The summed E-state index contributed by atoms with van der Waals surface area (Å²) in [5.41, 5.74) is 0.689. The van der Waals surface area contributed by atoms with Crippen LogP contribution in [0.5, 0.6) is 0 Å². The number of nitrogens with zero attached hydrogens (tertiary/aromatic N) is 1. The lowest BCUT2D eigenvalue weighted by atomic mass is 10.3. The SMILES string of the molecule is C=CCCN1COC(C(=O)O)=C1C. The third-order valence-corrected chi connectivity index (χ3v) is 1.97. The van der Waals surface area contributed by atoms with Crippen LogP contribution in [-0.4, -0.2) is 29.3 Å². The first kappa shape index (κ1) is 9.64. The van der Waals surface area contributed by atoms with Crippen molar-refractivity contribution in [2.24, 2.45) is 0 Å². The lowest BCUT2D eigenvalue weighted by Crippen LogP contribution is -2.19. The van der Waals surface area contributed by atoms with E-state index in [4.69, 9.17) is 9.84 Å². The van der Waals surface area contributed by atoms with Crippen LogP contribution >= 0.6 is 0 Å². The molecule has 72 valence electrons. The second-order valence-electron chi connectivity index (χ2n) is 2.83. The van der Waals surface area contributed by atoms with Crippen molar-refractivity contribution in [2.75, 3.05) is 13.3 Å².